The highest BCUT2D eigenvalue weighted by Gasteiger charge is 2.25. The van der Waals surface area contributed by atoms with Crippen LogP contribution in [0.25, 0.3) is 0 Å². The Hall–Kier alpha value is -1.75. The number of benzene rings is 1. The highest BCUT2D eigenvalue weighted by Crippen LogP contribution is 2.32. The molecule has 5 nitrogen and oxygen atoms in total. The molecule has 0 aliphatic carbocycles. The van der Waals surface area contributed by atoms with E-state index in [9.17, 15) is 4.79 Å². The molecule has 2 heterocycles. The lowest BCUT2D eigenvalue weighted by atomic mass is 10.0. The fourth-order valence-electron chi connectivity index (χ4n) is 2.86. The van der Waals surface area contributed by atoms with Crippen LogP contribution < -0.4 is 10.1 Å². The van der Waals surface area contributed by atoms with Crippen molar-refractivity contribution < 1.29 is 14.3 Å². The standard InChI is InChI=1S/C16H22N2O3/c1-12(16(19)18-8-10-20-11-9-18)21-14-6-2-4-13-5-3-7-17-15(13)14/h2,4,6,12,17H,3,5,7-11H2,1H3. The van der Waals surface area contributed by atoms with Gasteiger partial charge in [-0.25, -0.2) is 0 Å². The first kappa shape index (κ1) is 14.2. The lowest BCUT2D eigenvalue weighted by Crippen LogP contribution is -2.46. The molecule has 0 radical (unpaired) electrons. The van der Waals surface area contributed by atoms with E-state index in [1.54, 1.807) is 0 Å². The van der Waals surface area contributed by atoms with Crippen molar-refractivity contribution in [3.05, 3.63) is 23.8 Å². The quantitative estimate of drug-likeness (QED) is 0.920. The van der Waals surface area contributed by atoms with Crippen LogP contribution in [0.3, 0.4) is 0 Å². The highest BCUT2D eigenvalue weighted by molar-refractivity contribution is 5.81. The van der Waals surface area contributed by atoms with Crippen LogP contribution in [0, 0.1) is 0 Å². The van der Waals surface area contributed by atoms with E-state index in [0.717, 1.165) is 30.8 Å². The molecular formula is C16H22N2O3. The van der Waals surface area contributed by atoms with E-state index in [0.29, 0.717) is 26.3 Å². The lowest BCUT2D eigenvalue weighted by molar-refractivity contribution is -0.142. The molecule has 1 N–H and O–H groups in total. The van der Waals surface area contributed by atoms with Crippen molar-refractivity contribution in [2.24, 2.45) is 0 Å². The van der Waals surface area contributed by atoms with Gasteiger partial charge in [0.15, 0.2) is 6.10 Å². The Labute approximate surface area is 125 Å². The van der Waals surface area contributed by atoms with E-state index in [4.69, 9.17) is 9.47 Å². The van der Waals surface area contributed by atoms with Crippen molar-refractivity contribution in [3.8, 4) is 5.75 Å². The molecule has 21 heavy (non-hydrogen) atoms. The summed E-state index contributed by atoms with van der Waals surface area (Å²) in [5, 5.41) is 3.39. The molecule has 114 valence electrons. The van der Waals surface area contributed by atoms with E-state index in [2.05, 4.69) is 11.4 Å². The lowest BCUT2D eigenvalue weighted by Gasteiger charge is -2.30. The van der Waals surface area contributed by atoms with Gasteiger partial charge in [-0.1, -0.05) is 12.1 Å². The molecule has 0 spiro atoms. The number of nitrogens with zero attached hydrogens (tertiary/aromatic N) is 1. The highest BCUT2D eigenvalue weighted by atomic mass is 16.5. The monoisotopic (exact) mass is 290 g/mol. The normalized spacial score (nSPS) is 19.4. The number of nitrogens with one attached hydrogen (secondary N) is 1. The van der Waals surface area contributed by atoms with Crippen LogP contribution in [0.1, 0.15) is 18.9 Å². The third-order valence-electron chi connectivity index (χ3n) is 4.01. The SMILES string of the molecule is CC(Oc1cccc2c1NCCC2)C(=O)N1CCOCC1. The minimum atomic E-state index is -0.474. The molecule has 3 rings (SSSR count). The minimum absolute atomic E-state index is 0.0340. The second-order valence-electron chi connectivity index (χ2n) is 5.52. The Bertz CT molecular complexity index is 512. The number of hydrogen-bond donors (Lipinski definition) is 1. The number of rotatable bonds is 3. The van der Waals surface area contributed by atoms with Crippen molar-refractivity contribution in [2.45, 2.75) is 25.9 Å². The topological polar surface area (TPSA) is 50.8 Å². The zero-order valence-corrected chi connectivity index (χ0v) is 12.4. The van der Waals surface area contributed by atoms with Crippen LogP contribution >= 0.6 is 0 Å². The van der Waals surface area contributed by atoms with E-state index < -0.39 is 6.10 Å². The second-order valence-corrected chi connectivity index (χ2v) is 5.52. The van der Waals surface area contributed by atoms with Gasteiger partial charge in [0.1, 0.15) is 5.75 Å². The van der Waals surface area contributed by atoms with E-state index in [1.165, 1.54) is 5.56 Å². The number of aryl methyl sites for hydroxylation is 1. The molecule has 1 aromatic rings. The van der Waals surface area contributed by atoms with Crippen molar-refractivity contribution in [1.82, 2.24) is 4.90 Å². The molecule has 0 bridgehead atoms. The molecule has 2 aliphatic heterocycles. The molecule has 1 unspecified atom stereocenters. The number of morpholine rings is 1. The van der Waals surface area contributed by atoms with E-state index >= 15 is 0 Å². The van der Waals surface area contributed by atoms with Crippen molar-refractivity contribution in [1.29, 1.82) is 0 Å². The number of amides is 1. The number of para-hydroxylation sites is 1. The summed E-state index contributed by atoms with van der Waals surface area (Å²) in [4.78, 5) is 14.2. The van der Waals surface area contributed by atoms with Crippen LogP contribution in [0.5, 0.6) is 5.75 Å². The van der Waals surface area contributed by atoms with Gasteiger partial charge in [0.05, 0.1) is 18.9 Å². The Morgan fingerprint density at radius 1 is 1.38 bits per heavy atom. The molecule has 2 aliphatic rings. The van der Waals surface area contributed by atoms with Gasteiger partial charge in [-0.2, -0.15) is 0 Å². The van der Waals surface area contributed by atoms with Gasteiger partial charge in [0.2, 0.25) is 0 Å². The fourth-order valence-corrected chi connectivity index (χ4v) is 2.86. The number of anilines is 1. The van der Waals surface area contributed by atoms with Crippen molar-refractivity contribution >= 4 is 11.6 Å². The summed E-state index contributed by atoms with van der Waals surface area (Å²) in [6.07, 6.45) is 1.72. The Balaban J connectivity index is 1.69. The fraction of sp³-hybridized carbons (Fsp3) is 0.562. The number of carbonyl (C=O) groups is 1. The van der Waals surface area contributed by atoms with Crippen LogP contribution in [0.4, 0.5) is 5.69 Å². The summed E-state index contributed by atoms with van der Waals surface area (Å²) < 4.78 is 11.2. The first-order chi connectivity index (χ1) is 10.3. The molecule has 0 aromatic heterocycles. The molecule has 1 fully saturated rings. The smallest absolute Gasteiger partial charge is 0.263 e. The summed E-state index contributed by atoms with van der Waals surface area (Å²) in [5.41, 5.74) is 2.31. The molecule has 1 aromatic carbocycles. The van der Waals surface area contributed by atoms with Gasteiger partial charge < -0.3 is 19.7 Å². The Morgan fingerprint density at radius 2 is 2.19 bits per heavy atom. The van der Waals surface area contributed by atoms with Crippen LogP contribution in [-0.4, -0.2) is 49.8 Å². The van der Waals surface area contributed by atoms with Crippen LogP contribution in [-0.2, 0) is 16.0 Å². The van der Waals surface area contributed by atoms with Crippen molar-refractivity contribution in [2.75, 3.05) is 38.2 Å². The van der Waals surface area contributed by atoms with Gasteiger partial charge in [-0.15, -0.1) is 0 Å². The molecule has 1 amide bonds. The Kier molecular flexibility index (Phi) is 4.29. The van der Waals surface area contributed by atoms with Gasteiger partial charge in [0, 0.05) is 19.6 Å². The molecule has 1 atom stereocenters. The molecule has 0 saturated carbocycles. The van der Waals surface area contributed by atoms with E-state index in [1.807, 2.05) is 24.0 Å². The summed E-state index contributed by atoms with van der Waals surface area (Å²) in [6, 6.07) is 6.04. The van der Waals surface area contributed by atoms with Crippen LogP contribution in [0.2, 0.25) is 0 Å². The zero-order chi connectivity index (χ0) is 14.7. The summed E-state index contributed by atoms with van der Waals surface area (Å²) in [7, 11) is 0. The van der Waals surface area contributed by atoms with Crippen LogP contribution in [0.15, 0.2) is 18.2 Å². The number of carbonyl (C=O) groups excluding carboxylic acids is 1. The number of ether oxygens (including phenoxy) is 2. The molecule has 1 saturated heterocycles. The maximum atomic E-state index is 12.4. The maximum Gasteiger partial charge on any atom is 0.263 e. The second kappa shape index (κ2) is 6.35. The molecule has 5 heteroatoms. The predicted octanol–water partition coefficient (Wildman–Crippen LogP) is 1.67. The summed E-state index contributed by atoms with van der Waals surface area (Å²) in [6.45, 7) is 5.30. The maximum absolute atomic E-state index is 12.4. The largest absolute Gasteiger partial charge is 0.479 e. The average molecular weight is 290 g/mol. The van der Waals surface area contributed by atoms with Gasteiger partial charge >= 0.3 is 0 Å². The average Bonchev–Trinajstić information content (AvgIpc) is 2.55. The summed E-state index contributed by atoms with van der Waals surface area (Å²) >= 11 is 0. The van der Waals surface area contributed by atoms with Gasteiger partial charge in [-0.3, -0.25) is 4.79 Å². The van der Waals surface area contributed by atoms with Gasteiger partial charge in [-0.05, 0) is 31.4 Å². The Morgan fingerprint density at radius 3 is 3.00 bits per heavy atom. The first-order valence-corrected chi connectivity index (χ1v) is 7.64. The summed E-state index contributed by atoms with van der Waals surface area (Å²) in [5.74, 6) is 0.813. The first-order valence-electron chi connectivity index (χ1n) is 7.64. The zero-order valence-electron chi connectivity index (χ0n) is 12.4. The van der Waals surface area contributed by atoms with Crippen molar-refractivity contribution in [3.63, 3.8) is 0 Å². The third kappa shape index (κ3) is 3.13. The number of fused-ring (bicyclic) bond motifs is 1. The van der Waals surface area contributed by atoms with E-state index in [-0.39, 0.29) is 5.91 Å². The minimum Gasteiger partial charge on any atom is -0.479 e. The van der Waals surface area contributed by atoms with Gasteiger partial charge in [0.25, 0.3) is 5.91 Å². The predicted molar refractivity (Wildman–Crippen MR) is 80.7 cm³/mol. The molecular weight excluding hydrogens is 268 g/mol. The third-order valence-corrected chi connectivity index (χ3v) is 4.01. The number of hydrogen-bond acceptors (Lipinski definition) is 4.